The van der Waals surface area contributed by atoms with Gasteiger partial charge in [0.1, 0.15) is 5.75 Å². The van der Waals surface area contributed by atoms with E-state index < -0.39 is 0 Å². The van der Waals surface area contributed by atoms with Gasteiger partial charge in [-0.1, -0.05) is 6.07 Å². The number of hydrogen-bond donors (Lipinski definition) is 1. The molecule has 1 N–H and O–H groups in total. The highest BCUT2D eigenvalue weighted by molar-refractivity contribution is 5.94. The number of carbonyl (C=O) groups is 1. The lowest BCUT2D eigenvalue weighted by Crippen LogP contribution is -2.40. The molecular weight excluding hydrogens is 254 g/mol. The Labute approximate surface area is 120 Å². The highest BCUT2D eigenvalue weighted by Crippen LogP contribution is 2.23. The summed E-state index contributed by atoms with van der Waals surface area (Å²) in [5.41, 5.74) is 1.70. The van der Waals surface area contributed by atoms with Gasteiger partial charge >= 0.3 is 0 Å². The minimum atomic E-state index is 0.0316. The zero-order chi connectivity index (χ0) is 14.5. The molecule has 2 rings (SSSR count). The molecule has 20 heavy (non-hydrogen) atoms. The van der Waals surface area contributed by atoms with Crippen LogP contribution in [0.15, 0.2) is 18.2 Å². The predicted octanol–water partition coefficient (Wildman–Crippen LogP) is 2.24. The smallest absolute Gasteiger partial charge is 0.253 e. The monoisotopic (exact) mass is 277 g/mol. The molecule has 1 aromatic carbocycles. The zero-order valence-electron chi connectivity index (χ0n) is 12.3. The molecule has 0 saturated carbocycles. The molecule has 1 aromatic rings. The first kappa shape index (κ1) is 14.9. The number of amides is 1. The molecule has 0 spiro atoms. The number of benzene rings is 1. The van der Waals surface area contributed by atoms with Gasteiger partial charge in [0, 0.05) is 25.3 Å². The second-order valence-electron chi connectivity index (χ2n) is 5.36. The van der Waals surface area contributed by atoms with E-state index >= 15 is 0 Å². The van der Waals surface area contributed by atoms with E-state index in [9.17, 15) is 9.90 Å². The molecular formula is C16H23NO3. The van der Waals surface area contributed by atoms with Crippen molar-refractivity contribution in [3.05, 3.63) is 29.3 Å². The number of carbonyl (C=O) groups excluding carboxylic acids is 1. The van der Waals surface area contributed by atoms with Crippen molar-refractivity contribution in [2.45, 2.75) is 26.7 Å². The Hall–Kier alpha value is -1.55. The van der Waals surface area contributed by atoms with Gasteiger partial charge in [0.2, 0.25) is 0 Å². The molecule has 0 aliphatic carbocycles. The van der Waals surface area contributed by atoms with Crippen molar-refractivity contribution in [1.29, 1.82) is 0 Å². The third kappa shape index (κ3) is 3.31. The van der Waals surface area contributed by atoms with Gasteiger partial charge in [0.05, 0.1) is 6.61 Å². The molecule has 1 atom stereocenters. The molecule has 1 saturated heterocycles. The average Bonchev–Trinajstić information content (AvgIpc) is 2.49. The summed E-state index contributed by atoms with van der Waals surface area (Å²) >= 11 is 0. The molecule has 1 fully saturated rings. The maximum atomic E-state index is 12.5. The molecule has 0 bridgehead atoms. The first-order valence-electron chi connectivity index (χ1n) is 7.29. The minimum Gasteiger partial charge on any atom is -0.494 e. The van der Waals surface area contributed by atoms with Crippen molar-refractivity contribution >= 4 is 5.91 Å². The Morgan fingerprint density at radius 2 is 2.30 bits per heavy atom. The van der Waals surface area contributed by atoms with E-state index in [1.807, 2.05) is 36.9 Å². The highest BCUT2D eigenvalue weighted by atomic mass is 16.5. The molecule has 4 heteroatoms. The number of rotatable bonds is 4. The van der Waals surface area contributed by atoms with Crippen LogP contribution in [0.25, 0.3) is 0 Å². The number of hydrogen-bond acceptors (Lipinski definition) is 3. The van der Waals surface area contributed by atoms with Crippen molar-refractivity contribution in [3.63, 3.8) is 0 Å². The van der Waals surface area contributed by atoms with Crippen LogP contribution in [-0.4, -0.2) is 42.2 Å². The largest absolute Gasteiger partial charge is 0.494 e. The first-order valence-corrected chi connectivity index (χ1v) is 7.29. The normalized spacial score (nSPS) is 18.9. The topological polar surface area (TPSA) is 49.8 Å². The SMILES string of the molecule is CCOc1cc(C(=O)N2CCCC(CO)C2)ccc1C. The van der Waals surface area contributed by atoms with Crippen LogP contribution in [-0.2, 0) is 0 Å². The van der Waals surface area contributed by atoms with E-state index in [-0.39, 0.29) is 18.4 Å². The van der Waals surface area contributed by atoms with Crippen LogP contribution >= 0.6 is 0 Å². The van der Waals surface area contributed by atoms with E-state index in [0.717, 1.165) is 30.7 Å². The van der Waals surface area contributed by atoms with Crippen LogP contribution in [0.5, 0.6) is 5.75 Å². The second-order valence-corrected chi connectivity index (χ2v) is 5.36. The standard InChI is InChI=1S/C16H23NO3/c1-3-20-15-9-14(7-6-12(15)2)16(19)17-8-4-5-13(10-17)11-18/h6-7,9,13,18H,3-5,8,10-11H2,1-2H3. The summed E-state index contributed by atoms with van der Waals surface area (Å²) in [5.74, 6) is 1.02. The van der Waals surface area contributed by atoms with Gasteiger partial charge in [-0.2, -0.15) is 0 Å². The van der Waals surface area contributed by atoms with Gasteiger partial charge in [-0.15, -0.1) is 0 Å². The van der Waals surface area contributed by atoms with Gasteiger partial charge in [-0.05, 0) is 50.3 Å². The molecule has 1 heterocycles. The molecule has 4 nitrogen and oxygen atoms in total. The molecule has 110 valence electrons. The fourth-order valence-electron chi connectivity index (χ4n) is 2.63. The molecule has 1 unspecified atom stereocenters. The maximum Gasteiger partial charge on any atom is 0.253 e. The molecule has 0 aromatic heterocycles. The summed E-state index contributed by atoms with van der Waals surface area (Å²) in [6, 6.07) is 5.60. The second kappa shape index (κ2) is 6.75. The van der Waals surface area contributed by atoms with Gasteiger partial charge < -0.3 is 14.7 Å². The number of likely N-dealkylation sites (tertiary alicyclic amines) is 1. The lowest BCUT2D eigenvalue weighted by Gasteiger charge is -2.32. The summed E-state index contributed by atoms with van der Waals surface area (Å²) in [7, 11) is 0. The summed E-state index contributed by atoms with van der Waals surface area (Å²) in [6.07, 6.45) is 1.96. The van der Waals surface area contributed by atoms with Gasteiger partial charge in [-0.25, -0.2) is 0 Å². The minimum absolute atomic E-state index is 0.0316. The molecule has 1 aliphatic rings. The Morgan fingerprint density at radius 1 is 1.50 bits per heavy atom. The van der Waals surface area contributed by atoms with Crippen LogP contribution in [0.1, 0.15) is 35.7 Å². The van der Waals surface area contributed by atoms with E-state index in [0.29, 0.717) is 18.7 Å². The van der Waals surface area contributed by atoms with Crippen molar-refractivity contribution in [2.24, 2.45) is 5.92 Å². The highest BCUT2D eigenvalue weighted by Gasteiger charge is 2.24. The third-order valence-electron chi connectivity index (χ3n) is 3.80. The number of nitrogens with zero attached hydrogens (tertiary/aromatic N) is 1. The maximum absolute atomic E-state index is 12.5. The van der Waals surface area contributed by atoms with Gasteiger partial charge in [0.25, 0.3) is 5.91 Å². The van der Waals surface area contributed by atoms with Crippen LogP contribution in [0.3, 0.4) is 0 Å². The fraction of sp³-hybridized carbons (Fsp3) is 0.562. The van der Waals surface area contributed by atoms with Crippen LogP contribution < -0.4 is 4.74 Å². The first-order chi connectivity index (χ1) is 9.65. The van der Waals surface area contributed by atoms with Crippen LogP contribution in [0.2, 0.25) is 0 Å². The summed E-state index contributed by atoms with van der Waals surface area (Å²) in [6.45, 7) is 6.07. The molecule has 0 radical (unpaired) electrons. The van der Waals surface area contributed by atoms with Crippen molar-refractivity contribution in [3.8, 4) is 5.75 Å². The number of aryl methyl sites for hydroxylation is 1. The van der Waals surface area contributed by atoms with Crippen molar-refractivity contribution in [1.82, 2.24) is 4.90 Å². The number of aliphatic hydroxyl groups excluding tert-OH is 1. The van der Waals surface area contributed by atoms with E-state index in [4.69, 9.17) is 4.74 Å². The van der Waals surface area contributed by atoms with E-state index in [1.54, 1.807) is 0 Å². The predicted molar refractivity (Wildman–Crippen MR) is 78.1 cm³/mol. The lowest BCUT2D eigenvalue weighted by molar-refractivity contribution is 0.0620. The van der Waals surface area contributed by atoms with Crippen molar-refractivity contribution < 1.29 is 14.6 Å². The average molecular weight is 277 g/mol. The molecule has 1 aliphatic heterocycles. The zero-order valence-corrected chi connectivity index (χ0v) is 12.3. The Morgan fingerprint density at radius 3 is 3.00 bits per heavy atom. The Kier molecular flexibility index (Phi) is 5.01. The number of piperidine rings is 1. The van der Waals surface area contributed by atoms with Crippen molar-refractivity contribution in [2.75, 3.05) is 26.3 Å². The number of aliphatic hydroxyl groups is 1. The quantitative estimate of drug-likeness (QED) is 0.918. The summed E-state index contributed by atoms with van der Waals surface area (Å²) in [4.78, 5) is 14.4. The van der Waals surface area contributed by atoms with Gasteiger partial charge in [-0.3, -0.25) is 4.79 Å². The lowest BCUT2D eigenvalue weighted by atomic mass is 9.98. The van der Waals surface area contributed by atoms with Crippen LogP contribution in [0.4, 0.5) is 0 Å². The molecule has 1 amide bonds. The summed E-state index contributed by atoms with van der Waals surface area (Å²) in [5, 5.41) is 9.25. The number of ether oxygens (including phenoxy) is 1. The fourth-order valence-corrected chi connectivity index (χ4v) is 2.63. The Bertz CT molecular complexity index is 473. The van der Waals surface area contributed by atoms with Gasteiger partial charge in [0.15, 0.2) is 0 Å². The summed E-state index contributed by atoms with van der Waals surface area (Å²) < 4.78 is 5.55. The van der Waals surface area contributed by atoms with Crippen LogP contribution in [0, 0.1) is 12.8 Å². The van der Waals surface area contributed by atoms with E-state index in [2.05, 4.69) is 0 Å². The Balaban J connectivity index is 2.14. The van der Waals surface area contributed by atoms with E-state index in [1.165, 1.54) is 0 Å². The third-order valence-corrected chi connectivity index (χ3v) is 3.80.